The maximum atomic E-state index is 5.32. The fourth-order valence-electron chi connectivity index (χ4n) is 5.84. The lowest BCUT2D eigenvalue weighted by atomic mass is 9.83. The van der Waals surface area contributed by atoms with Crippen molar-refractivity contribution in [1.82, 2.24) is 29.9 Å². The predicted molar refractivity (Wildman–Crippen MR) is 134 cm³/mol. The summed E-state index contributed by atoms with van der Waals surface area (Å²) in [7, 11) is 0. The minimum Gasteiger partial charge on any atom is -0.378 e. The van der Waals surface area contributed by atoms with Gasteiger partial charge in [-0.05, 0) is 68.2 Å². The Morgan fingerprint density at radius 3 is 2.56 bits per heavy atom. The number of aromatic amines is 1. The van der Waals surface area contributed by atoms with E-state index in [4.69, 9.17) is 9.72 Å². The van der Waals surface area contributed by atoms with E-state index in [1.54, 1.807) is 6.33 Å². The molecule has 7 heteroatoms. The van der Waals surface area contributed by atoms with Crippen LogP contribution >= 0.6 is 0 Å². The third-order valence-corrected chi connectivity index (χ3v) is 7.97. The Hall–Kier alpha value is -2.77. The molecule has 2 N–H and O–H groups in total. The highest BCUT2D eigenvalue weighted by molar-refractivity contribution is 5.92. The second-order valence-electron chi connectivity index (χ2n) is 10.5. The molecule has 1 aliphatic heterocycles. The zero-order valence-electron chi connectivity index (χ0n) is 20.6. The van der Waals surface area contributed by atoms with Crippen LogP contribution in [0.25, 0.3) is 27.8 Å². The molecule has 0 bridgehead atoms. The van der Waals surface area contributed by atoms with Crippen LogP contribution in [0.4, 0.5) is 0 Å². The van der Waals surface area contributed by atoms with Crippen LogP contribution < -0.4 is 5.32 Å². The van der Waals surface area contributed by atoms with Gasteiger partial charge in [0.05, 0.1) is 36.7 Å². The normalized spacial score (nSPS) is 21.6. The first-order chi connectivity index (χ1) is 16.5. The van der Waals surface area contributed by atoms with Gasteiger partial charge in [0, 0.05) is 34.8 Å². The monoisotopic (exact) mass is 458 g/mol. The number of pyridine rings is 2. The van der Waals surface area contributed by atoms with Gasteiger partial charge < -0.3 is 15.0 Å². The van der Waals surface area contributed by atoms with Crippen LogP contribution in [0.2, 0.25) is 0 Å². The van der Waals surface area contributed by atoms with Crippen molar-refractivity contribution in [3.05, 3.63) is 47.2 Å². The summed E-state index contributed by atoms with van der Waals surface area (Å²) in [5.74, 6) is 0.920. The summed E-state index contributed by atoms with van der Waals surface area (Å²) in [6, 6.07) is 3.54. The summed E-state index contributed by atoms with van der Waals surface area (Å²) in [6.45, 7) is 10.6. The summed E-state index contributed by atoms with van der Waals surface area (Å²) in [4.78, 5) is 13.1. The van der Waals surface area contributed by atoms with Crippen molar-refractivity contribution in [1.29, 1.82) is 0 Å². The van der Waals surface area contributed by atoms with Crippen LogP contribution in [0.3, 0.4) is 0 Å². The van der Waals surface area contributed by atoms with Crippen LogP contribution in [-0.4, -0.2) is 49.9 Å². The molecule has 178 valence electrons. The lowest BCUT2D eigenvalue weighted by Crippen LogP contribution is -2.51. The largest absolute Gasteiger partial charge is 0.378 e. The first-order valence-corrected chi connectivity index (χ1v) is 12.6. The van der Waals surface area contributed by atoms with Crippen molar-refractivity contribution < 1.29 is 4.74 Å². The lowest BCUT2D eigenvalue weighted by molar-refractivity contribution is -0.0121. The maximum Gasteiger partial charge on any atom is 0.158 e. The SMILES string of the molecule is Cc1c(-c2[nH]c3cnc(C4CCC(NC5COC5)CC4)cc3c2C(C)C)cn2ncnc2c1C. The molecule has 4 aromatic rings. The van der Waals surface area contributed by atoms with E-state index >= 15 is 0 Å². The van der Waals surface area contributed by atoms with E-state index in [0.717, 1.165) is 24.4 Å². The van der Waals surface area contributed by atoms with Gasteiger partial charge in [0.2, 0.25) is 0 Å². The van der Waals surface area contributed by atoms with Gasteiger partial charge >= 0.3 is 0 Å². The molecule has 5 heterocycles. The standard InChI is InChI=1S/C27H34N6O/c1-15(2)25-21-9-23(18-5-7-19(8-6-18)31-20-12-34-13-20)28-10-24(21)32-26(25)22-11-33-27(29-14-30-33)17(4)16(22)3/h9-11,14-15,18-20,31-32H,5-8,12-13H2,1-4H3. The van der Waals surface area contributed by atoms with Crippen LogP contribution in [0.1, 0.15) is 73.8 Å². The summed E-state index contributed by atoms with van der Waals surface area (Å²) in [6.07, 6.45) is 10.6. The van der Waals surface area contributed by atoms with Gasteiger partial charge in [-0.15, -0.1) is 0 Å². The molecule has 1 saturated carbocycles. The smallest absolute Gasteiger partial charge is 0.158 e. The number of ether oxygens (including phenoxy) is 1. The zero-order chi connectivity index (χ0) is 23.4. The number of aromatic nitrogens is 5. The highest BCUT2D eigenvalue weighted by Gasteiger charge is 2.28. The van der Waals surface area contributed by atoms with Gasteiger partial charge in [-0.2, -0.15) is 5.10 Å². The molecule has 1 saturated heterocycles. The van der Waals surface area contributed by atoms with E-state index in [0.29, 0.717) is 23.9 Å². The van der Waals surface area contributed by atoms with Crippen molar-refractivity contribution >= 4 is 16.6 Å². The Morgan fingerprint density at radius 1 is 1.06 bits per heavy atom. The molecule has 0 spiro atoms. The molecule has 6 rings (SSSR count). The second kappa shape index (κ2) is 8.47. The number of nitrogens with zero attached hydrogens (tertiary/aromatic N) is 4. The van der Waals surface area contributed by atoms with Crippen LogP contribution in [0, 0.1) is 13.8 Å². The van der Waals surface area contributed by atoms with E-state index < -0.39 is 0 Å². The van der Waals surface area contributed by atoms with Crippen LogP contribution in [-0.2, 0) is 4.74 Å². The van der Waals surface area contributed by atoms with Gasteiger partial charge in [-0.25, -0.2) is 9.50 Å². The van der Waals surface area contributed by atoms with E-state index in [1.165, 1.54) is 64.7 Å². The highest BCUT2D eigenvalue weighted by atomic mass is 16.5. The number of rotatable bonds is 5. The molecule has 34 heavy (non-hydrogen) atoms. The predicted octanol–water partition coefficient (Wildman–Crippen LogP) is 5.03. The Bertz CT molecular complexity index is 1340. The maximum absolute atomic E-state index is 5.32. The molecular formula is C27H34N6O. The van der Waals surface area contributed by atoms with E-state index in [2.05, 4.69) is 60.3 Å². The molecule has 2 aliphatic rings. The summed E-state index contributed by atoms with van der Waals surface area (Å²) in [5.41, 5.74) is 9.40. The highest BCUT2D eigenvalue weighted by Crippen LogP contribution is 2.40. The number of hydrogen-bond acceptors (Lipinski definition) is 5. The molecule has 0 radical (unpaired) electrons. The topological polar surface area (TPSA) is 80.1 Å². The fraction of sp³-hybridized carbons (Fsp3) is 0.519. The molecule has 1 aliphatic carbocycles. The van der Waals surface area contributed by atoms with Crippen molar-refractivity contribution in [2.24, 2.45) is 0 Å². The second-order valence-corrected chi connectivity index (χ2v) is 10.5. The first kappa shape index (κ1) is 21.7. The lowest BCUT2D eigenvalue weighted by Gasteiger charge is -2.35. The van der Waals surface area contributed by atoms with Crippen molar-refractivity contribution in [3.8, 4) is 11.3 Å². The van der Waals surface area contributed by atoms with Crippen molar-refractivity contribution in [3.63, 3.8) is 0 Å². The summed E-state index contributed by atoms with van der Waals surface area (Å²) >= 11 is 0. The van der Waals surface area contributed by atoms with E-state index in [1.807, 2.05) is 10.7 Å². The Kier molecular flexibility index (Phi) is 5.41. The third kappa shape index (κ3) is 3.62. The minimum atomic E-state index is 0.384. The zero-order valence-corrected chi connectivity index (χ0v) is 20.6. The van der Waals surface area contributed by atoms with Crippen LogP contribution in [0.5, 0.6) is 0 Å². The quantitative estimate of drug-likeness (QED) is 0.439. The number of nitrogens with one attached hydrogen (secondary N) is 2. The van der Waals surface area contributed by atoms with Gasteiger partial charge in [0.15, 0.2) is 5.65 Å². The van der Waals surface area contributed by atoms with Crippen LogP contribution in [0.15, 0.2) is 24.8 Å². The molecular weight excluding hydrogens is 424 g/mol. The van der Waals surface area contributed by atoms with Crippen molar-refractivity contribution in [2.75, 3.05) is 13.2 Å². The Morgan fingerprint density at radius 2 is 1.85 bits per heavy atom. The first-order valence-electron chi connectivity index (χ1n) is 12.6. The molecule has 0 amide bonds. The number of hydrogen-bond donors (Lipinski definition) is 2. The molecule has 7 nitrogen and oxygen atoms in total. The van der Waals surface area contributed by atoms with Gasteiger partial charge in [-0.3, -0.25) is 4.98 Å². The number of aryl methyl sites for hydroxylation is 1. The molecule has 2 fully saturated rings. The van der Waals surface area contributed by atoms with Crippen molar-refractivity contribution in [2.45, 2.75) is 77.3 Å². The summed E-state index contributed by atoms with van der Waals surface area (Å²) < 4.78 is 7.21. The van der Waals surface area contributed by atoms with Gasteiger partial charge in [0.25, 0.3) is 0 Å². The summed E-state index contributed by atoms with van der Waals surface area (Å²) in [5, 5.41) is 9.48. The molecule has 4 aromatic heterocycles. The fourth-order valence-corrected chi connectivity index (χ4v) is 5.84. The number of H-pyrrole nitrogens is 1. The molecule has 0 aromatic carbocycles. The average molecular weight is 459 g/mol. The van der Waals surface area contributed by atoms with E-state index in [9.17, 15) is 0 Å². The van der Waals surface area contributed by atoms with Gasteiger partial charge in [0.1, 0.15) is 6.33 Å². The Labute approximate surface area is 200 Å². The third-order valence-electron chi connectivity index (χ3n) is 7.97. The average Bonchev–Trinajstić information content (AvgIpc) is 3.43. The van der Waals surface area contributed by atoms with Gasteiger partial charge in [-0.1, -0.05) is 13.8 Å². The minimum absolute atomic E-state index is 0.384. The molecule has 0 atom stereocenters. The van der Waals surface area contributed by atoms with E-state index in [-0.39, 0.29) is 0 Å². The molecule has 0 unspecified atom stereocenters. The Balaban J connectivity index is 1.35. The number of fused-ring (bicyclic) bond motifs is 2.